The molecule has 100 valence electrons. The van der Waals surface area contributed by atoms with Gasteiger partial charge in [-0.2, -0.15) is 0 Å². The van der Waals surface area contributed by atoms with Gasteiger partial charge in [0.15, 0.2) is 5.78 Å². The molecular formula is C13H19NO3S. The Morgan fingerprint density at radius 3 is 2.61 bits per heavy atom. The molecule has 0 aromatic carbocycles. The number of amides is 1. The van der Waals surface area contributed by atoms with Crippen LogP contribution in [0.25, 0.3) is 0 Å². The van der Waals surface area contributed by atoms with Crippen LogP contribution in [0.4, 0.5) is 4.79 Å². The van der Waals surface area contributed by atoms with E-state index < -0.39 is 11.7 Å². The van der Waals surface area contributed by atoms with Crippen LogP contribution in [0, 0.1) is 0 Å². The first-order valence-corrected chi connectivity index (χ1v) is 6.72. The zero-order chi connectivity index (χ0) is 13.8. The standard InChI is InChI=1S/C13H19NO3S/c1-9(14-12(16)17-13(2,3)4)8-10(15)11-6-5-7-18-11/h5-7,9H,8H2,1-4H3,(H,14,16)/t9-/m1/s1. The van der Waals surface area contributed by atoms with Gasteiger partial charge in [-0.25, -0.2) is 4.79 Å². The molecule has 5 heteroatoms. The quantitative estimate of drug-likeness (QED) is 0.854. The van der Waals surface area contributed by atoms with E-state index >= 15 is 0 Å². The topological polar surface area (TPSA) is 55.4 Å². The molecule has 1 aromatic heterocycles. The second kappa shape index (κ2) is 6.00. The summed E-state index contributed by atoms with van der Waals surface area (Å²) in [6, 6.07) is 3.38. The normalized spacial score (nSPS) is 12.9. The van der Waals surface area contributed by atoms with Gasteiger partial charge in [0.05, 0.1) is 4.88 Å². The molecule has 1 heterocycles. The smallest absolute Gasteiger partial charge is 0.407 e. The first-order valence-electron chi connectivity index (χ1n) is 5.84. The fourth-order valence-electron chi connectivity index (χ4n) is 1.38. The van der Waals surface area contributed by atoms with E-state index in [0.717, 1.165) is 0 Å². The van der Waals surface area contributed by atoms with E-state index in [0.29, 0.717) is 4.88 Å². The Bertz CT molecular complexity index is 406. The lowest BCUT2D eigenvalue weighted by Crippen LogP contribution is -2.38. The monoisotopic (exact) mass is 269 g/mol. The summed E-state index contributed by atoms with van der Waals surface area (Å²) in [6.45, 7) is 7.19. The van der Waals surface area contributed by atoms with Gasteiger partial charge in [-0.3, -0.25) is 4.79 Å². The van der Waals surface area contributed by atoms with E-state index in [2.05, 4.69) is 5.32 Å². The molecule has 18 heavy (non-hydrogen) atoms. The molecule has 0 unspecified atom stereocenters. The summed E-state index contributed by atoms with van der Waals surface area (Å²) in [4.78, 5) is 24.0. The Kier molecular flexibility index (Phi) is 4.90. The fraction of sp³-hybridized carbons (Fsp3) is 0.538. The van der Waals surface area contributed by atoms with E-state index in [1.807, 2.05) is 11.4 Å². The van der Waals surface area contributed by atoms with Crippen molar-refractivity contribution >= 4 is 23.2 Å². The molecule has 0 aliphatic carbocycles. The largest absolute Gasteiger partial charge is 0.444 e. The summed E-state index contributed by atoms with van der Waals surface area (Å²) in [6.07, 6.45) is -0.214. The van der Waals surface area contributed by atoms with Gasteiger partial charge in [0.2, 0.25) is 0 Å². The molecule has 0 fully saturated rings. The van der Waals surface area contributed by atoms with Gasteiger partial charge < -0.3 is 10.1 Å². The van der Waals surface area contributed by atoms with E-state index in [4.69, 9.17) is 4.74 Å². The molecular weight excluding hydrogens is 250 g/mol. The second-order valence-electron chi connectivity index (χ2n) is 5.15. The lowest BCUT2D eigenvalue weighted by atomic mass is 10.1. The van der Waals surface area contributed by atoms with Gasteiger partial charge in [0.25, 0.3) is 0 Å². The molecule has 1 atom stereocenters. The highest BCUT2D eigenvalue weighted by Crippen LogP contribution is 2.13. The van der Waals surface area contributed by atoms with Gasteiger partial charge in [-0.1, -0.05) is 6.07 Å². The third kappa shape index (κ3) is 5.31. The SMILES string of the molecule is C[C@H](CC(=O)c1cccs1)NC(=O)OC(C)(C)C. The number of ketones is 1. The minimum Gasteiger partial charge on any atom is -0.444 e. The molecule has 1 N–H and O–H groups in total. The predicted molar refractivity (Wildman–Crippen MR) is 72.1 cm³/mol. The number of hydrogen-bond acceptors (Lipinski definition) is 4. The third-order valence-electron chi connectivity index (χ3n) is 2.05. The van der Waals surface area contributed by atoms with Crippen LogP contribution in [0.2, 0.25) is 0 Å². The number of ether oxygens (including phenoxy) is 1. The Labute approximate surface area is 111 Å². The van der Waals surface area contributed by atoms with Crippen LogP contribution >= 0.6 is 11.3 Å². The Hall–Kier alpha value is -1.36. The summed E-state index contributed by atoms with van der Waals surface area (Å²) in [5.41, 5.74) is -0.526. The Morgan fingerprint density at radius 2 is 2.11 bits per heavy atom. The minimum absolute atomic E-state index is 0.0357. The van der Waals surface area contributed by atoms with Crippen molar-refractivity contribution in [3.63, 3.8) is 0 Å². The number of thiophene rings is 1. The van der Waals surface area contributed by atoms with E-state index in [-0.39, 0.29) is 18.2 Å². The number of rotatable bonds is 4. The van der Waals surface area contributed by atoms with Gasteiger partial charge in [0, 0.05) is 12.5 Å². The molecule has 4 nitrogen and oxygen atoms in total. The Morgan fingerprint density at radius 1 is 1.44 bits per heavy atom. The summed E-state index contributed by atoms with van der Waals surface area (Å²) in [7, 11) is 0. The van der Waals surface area contributed by atoms with Crippen LogP contribution in [0.3, 0.4) is 0 Å². The molecule has 0 spiro atoms. The molecule has 1 rings (SSSR count). The van der Waals surface area contributed by atoms with E-state index in [1.54, 1.807) is 33.8 Å². The van der Waals surface area contributed by atoms with Crippen LogP contribution in [-0.2, 0) is 4.74 Å². The maximum atomic E-state index is 11.8. The van der Waals surface area contributed by atoms with Crippen molar-refractivity contribution in [3.05, 3.63) is 22.4 Å². The van der Waals surface area contributed by atoms with Crippen molar-refractivity contribution in [2.75, 3.05) is 0 Å². The van der Waals surface area contributed by atoms with Gasteiger partial charge in [0.1, 0.15) is 5.60 Å². The van der Waals surface area contributed by atoms with E-state index in [1.165, 1.54) is 11.3 Å². The van der Waals surface area contributed by atoms with Gasteiger partial charge >= 0.3 is 6.09 Å². The first-order chi connectivity index (χ1) is 8.28. The van der Waals surface area contributed by atoms with Crippen molar-refractivity contribution in [2.24, 2.45) is 0 Å². The molecule has 0 saturated heterocycles. The van der Waals surface area contributed by atoms with Crippen LogP contribution in [-0.4, -0.2) is 23.5 Å². The summed E-state index contributed by atoms with van der Waals surface area (Å²) in [5, 5.41) is 4.51. The zero-order valence-electron chi connectivity index (χ0n) is 11.1. The summed E-state index contributed by atoms with van der Waals surface area (Å²) >= 11 is 1.41. The average molecular weight is 269 g/mol. The second-order valence-corrected chi connectivity index (χ2v) is 6.10. The van der Waals surface area contributed by atoms with Crippen LogP contribution < -0.4 is 5.32 Å². The van der Waals surface area contributed by atoms with Crippen molar-refractivity contribution < 1.29 is 14.3 Å². The predicted octanol–water partition coefficient (Wildman–Crippen LogP) is 3.23. The lowest BCUT2D eigenvalue weighted by molar-refractivity contribution is 0.0506. The number of nitrogens with one attached hydrogen (secondary N) is 1. The van der Waals surface area contributed by atoms with Gasteiger partial charge in [-0.15, -0.1) is 11.3 Å². The average Bonchev–Trinajstić information content (AvgIpc) is 2.65. The highest BCUT2D eigenvalue weighted by atomic mass is 32.1. The van der Waals surface area contributed by atoms with Gasteiger partial charge in [-0.05, 0) is 39.1 Å². The van der Waals surface area contributed by atoms with Crippen molar-refractivity contribution in [1.82, 2.24) is 5.32 Å². The highest BCUT2D eigenvalue weighted by molar-refractivity contribution is 7.12. The summed E-state index contributed by atoms with van der Waals surface area (Å²) in [5.74, 6) is 0.0357. The Balaban J connectivity index is 2.40. The number of hydrogen-bond donors (Lipinski definition) is 1. The number of carbonyl (C=O) groups excluding carboxylic acids is 2. The minimum atomic E-state index is -0.526. The molecule has 0 aliphatic heterocycles. The zero-order valence-corrected chi connectivity index (χ0v) is 12.0. The first kappa shape index (κ1) is 14.7. The molecule has 1 aromatic rings. The maximum absolute atomic E-state index is 11.8. The fourth-order valence-corrected chi connectivity index (χ4v) is 2.05. The van der Waals surface area contributed by atoms with Crippen molar-refractivity contribution in [2.45, 2.75) is 45.8 Å². The number of alkyl carbamates (subject to hydrolysis) is 1. The molecule has 1 amide bonds. The molecule has 0 radical (unpaired) electrons. The number of Topliss-reactive ketones (excluding diaryl/α,β-unsaturated/α-hetero) is 1. The summed E-state index contributed by atoms with van der Waals surface area (Å²) < 4.78 is 5.12. The van der Waals surface area contributed by atoms with Crippen molar-refractivity contribution in [3.8, 4) is 0 Å². The van der Waals surface area contributed by atoms with Crippen LogP contribution in [0.15, 0.2) is 17.5 Å². The molecule has 0 bridgehead atoms. The number of carbonyl (C=O) groups is 2. The van der Waals surface area contributed by atoms with E-state index in [9.17, 15) is 9.59 Å². The molecule has 0 saturated carbocycles. The lowest BCUT2D eigenvalue weighted by Gasteiger charge is -2.21. The van der Waals surface area contributed by atoms with Crippen molar-refractivity contribution in [1.29, 1.82) is 0 Å². The third-order valence-corrected chi connectivity index (χ3v) is 2.96. The maximum Gasteiger partial charge on any atom is 0.407 e. The molecule has 0 aliphatic rings. The highest BCUT2D eigenvalue weighted by Gasteiger charge is 2.19. The van der Waals surface area contributed by atoms with Crippen LogP contribution in [0.5, 0.6) is 0 Å². The van der Waals surface area contributed by atoms with Crippen LogP contribution in [0.1, 0.15) is 43.8 Å².